The molecular weight excluding hydrogens is 274 g/mol. The zero-order valence-corrected chi connectivity index (χ0v) is 11.8. The molecule has 0 spiro atoms. The molecule has 4 heteroatoms. The molecule has 15 heavy (non-hydrogen) atoms. The van der Waals surface area contributed by atoms with Crippen LogP contribution in [0.1, 0.15) is 31.9 Å². The van der Waals surface area contributed by atoms with Crippen molar-refractivity contribution >= 4 is 27.3 Å². The van der Waals surface area contributed by atoms with Gasteiger partial charge >= 0.3 is 0 Å². The number of halogens is 1. The Morgan fingerprint density at radius 3 is 2.73 bits per heavy atom. The minimum Gasteiger partial charge on any atom is -0.380 e. The SMILES string of the molecule is CCCNC(c1cscc1Br)C(C)OC. The van der Waals surface area contributed by atoms with Crippen molar-refractivity contribution in [2.24, 2.45) is 0 Å². The summed E-state index contributed by atoms with van der Waals surface area (Å²) in [5, 5.41) is 7.80. The van der Waals surface area contributed by atoms with Gasteiger partial charge in [-0.3, -0.25) is 0 Å². The Hall–Kier alpha value is 0.1000. The predicted octanol–water partition coefficient (Wildman–Crippen LogP) is 3.59. The molecule has 2 unspecified atom stereocenters. The maximum absolute atomic E-state index is 5.41. The van der Waals surface area contributed by atoms with Gasteiger partial charge < -0.3 is 10.1 Å². The molecule has 0 aliphatic rings. The number of thiophene rings is 1. The third-order valence-corrected chi connectivity index (χ3v) is 4.18. The van der Waals surface area contributed by atoms with Crippen molar-refractivity contribution in [2.45, 2.75) is 32.4 Å². The van der Waals surface area contributed by atoms with Crippen molar-refractivity contribution in [1.29, 1.82) is 0 Å². The van der Waals surface area contributed by atoms with E-state index < -0.39 is 0 Å². The van der Waals surface area contributed by atoms with E-state index in [-0.39, 0.29) is 12.1 Å². The fourth-order valence-electron chi connectivity index (χ4n) is 1.48. The minimum absolute atomic E-state index is 0.183. The van der Waals surface area contributed by atoms with E-state index in [0.717, 1.165) is 13.0 Å². The fourth-order valence-corrected chi connectivity index (χ4v) is 3.06. The lowest BCUT2D eigenvalue weighted by atomic mass is 10.1. The normalized spacial score (nSPS) is 15.2. The molecule has 0 saturated carbocycles. The first-order valence-corrected chi connectivity index (χ1v) is 6.92. The topological polar surface area (TPSA) is 21.3 Å². The van der Waals surface area contributed by atoms with E-state index in [2.05, 4.69) is 45.9 Å². The van der Waals surface area contributed by atoms with E-state index in [1.165, 1.54) is 10.0 Å². The molecule has 1 aromatic heterocycles. The van der Waals surface area contributed by atoms with Gasteiger partial charge in [-0.1, -0.05) is 6.92 Å². The molecule has 0 aromatic carbocycles. The Kier molecular flexibility index (Phi) is 5.82. The second kappa shape index (κ2) is 6.63. The van der Waals surface area contributed by atoms with Gasteiger partial charge in [0.1, 0.15) is 0 Å². The number of ether oxygens (including phenoxy) is 1. The van der Waals surface area contributed by atoms with E-state index in [1.54, 1.807) is 18.4 Å². The summed E-state index contributed by atoms with van der Waals surface area (Å²) in [5.74, 6) is 0. The summed E-state index contributed by atoms with van der Waals surface area (Å²) in [6.45, 7) is 5.28. The molecule has 2 atom stereocenters. The first kappa shape index (κ1) is 13.2. The molecule has 1 heterocycles. The highest BCUT2D eigenvalue weighted by atomic mass is 79.9. The van der Waals surface area contributed by atoms with Gasteiger partial charge in [0.2, 0.25) is 0 Å². The smallest absolute Gasteiger partial charge is 0.0738 e. The van der Waals surface area contributed by atoms with Gasteiger partial charge in [0, 0.05) is 17.0 Å². The van der Waals surface area contributed by atoms with Gasteiger partial charge in [0.05, 0.1) is 12.1 Å². The van der Waals surface area contributed by atoms with Crippen LogP contribution in [0.2, 0.25) is 0 Å². The van der Waals surface area contributed by atoms with Crippen molar-refractivity contribution in [2.75, 3.05) is 13.7 Å². The lowest BCUT2D eigenvalue weighted by Crippen LogP contribution is -2.31. The number of hydrogen-bond donors (Lipinski definition) is 1. The van der Waals surface area contributed by atoms with Crippen molar-refractivity contribution in [3.05, 3.63) is 20.8 Å². The van der Waals surface area contributed by atoms with Gasteiger partial charge in [-0.15, -0.1) is 0 Å². The lowest BCUT2D eigenvalue weighted by molar-refractivity contribution is 0.0829. The summed E-state index contributed by atoms with van der Waals surface area (Å²) in [4.78, 5) is 0. The van der Waals surface area contributed by atoms with E-state index in [0.29, 0.717) is 0 Å². The van der Waals surface area contributed by atoms with E-state index in [1.807, 2.05) is 0 Å². The summed E-state index contributed by atoms with van der Waals surface area (Å²) in [6, 6.07) is 0.274. The van der Waals surface area contributed by atoms with Gasteiger partial charge in [0.15, 0.2) is 0 Å². The molecule has 0 amide bonds. The van der Waals surface area contributed by atoms with E-state index >= 15 is 0 Å². The van der Waals surface area contributed by atoms with Crippen molar-refractivity contribution in [3.63, 3.8) is 0 Å². The molecule has 0 fully saturated rings. The lowest BCUT2D eigenvalue weighted by Gasteiger charge is -2.24. The number of methoxy groups -OCH3 is 1. The monoisotopic (exact) mass is 291 g/mol. The quantitative estimate of drug-likeness (QED) is 0.865. The highest BCUT2D eigenvalue weighted by Crippen LogP contribution is 2.30. The summed E-state index contributed by atoms with van der Waals surface area (Å²) in [7, 11) is 1.76. The number of nitrogens with one attached hydrogen (secondary N) is 1. The molecule has 1 N–H and O–H groups in total. The molecule has 0 aliphatic carbocycles. The molecule has 2 nitrogen and oxygen atoms in total. The third-order valence-electron chi connectivity index (χ3n) is 2.43. The first-order valence-electron chi connectivity index (χ1n) is 5.18. The molecule has 1 rings (SSSR count). The van der Waals surface area contributed by atoms with Crippen LogP contribution in [0.4, 0.5) is 0 Å². The largest absolute Gasteiger partial charge is 0.380 e. The maximum Gasteiger partial charge on any atom is 0.0738 e. The highest BCUT2D eigenvalue weighted by Gasteiger charge is 2.20. The average Bonchev–Trinajstić information content (AvgIpc) is 2.65. The fraction of sp³-hybridized carbons (Fsp3) is 0.636. The first-order chi connectivity index (χ1) is 7.20. The zero-order valence-electron chi connectivity index (χ0n) is 9.42. The Morgan fingerprint density at radius 1 is 1.53 bits per heavy atom. The number of hydrogen-bond acceptors (Lipinski definition) is 3. The van der Waals surface area contributed by atoms with Gasteiger partial charge in [-0.2, -0.15) is 11.3 Å². The van der Waals surface area contributed by atoms with Gasteiger partial charge in [-0.05, 0) is 46.8 Å². The summed E-state index contributed by atoms with van der Waals surface area (Å²) in [6.07, 6.45) is 1.32. The Morgan fingerprint density at radius 2 is 2.27 bits per heavy atom. The predicted molar refractivity (Wildman–Crippen MR) is 69.5 cm³/mol. The average molecular weight is 292 g/mol. The molecule has 1 aromatic rings. The second-order valence-electron chi connectivity index (χ2n) is 3.55. The highest BCUT2D eigenvalue weighted by molar-refractivity contribution is 9.10. The Bertz CT molecular complexity index is 290. The molecule has 0 radical (unpaired) electrons. The summed E-state index contributed by atoms with van der Waals surface area (Å²) in [5.41, 5.74) is 1.29. The van der Waals surface area contributed by atoms with Crippen LogP contribution < -0.4 is 5.32 Å². The summed E-state index contributed by atoms with van der Waals surface area (Å²) < 4.78 is 6.58. The molecular formula is C11H18BrNOS. The molecule has 0 bridgehead atoms. The summed E-state index contributed by atoms with van der Waals surface area (Å²) >= 11 is 5.28. The van der Waals surface area contributed by atoms with Crippen molar-refractivity contribution in [3.8, 4) is 0 Å². The van der Waals surface area contributed by atoms with Crippen LogP contribution in [0, 0.1) is 0 Å². The van der Waals surface area contributed by atoms with E-state index in [9.17, 15) is 0 Å². The van der Waals surface area contributed by atoms with Crippen LogP contribution in [-0.2, 0) is 4.74 Å². The zero-order chi connectivity index (χ0) is 11.3. The van der Waals surface area contributed by atoms with Crippen LogP contribution in [0.25, 0.3) is 0 Å². The molecule has 86 valence electrons. The Labute approximate surface area is 104 Å². The van der Waals surface area contributed by atoms with Gasteiger partial charge in [-0.25, -0.2) is 0 Å². The Balaban J connectivity index is 2.76. The van der Waals surface area contributed by atoms with Crippen LogP contribution in [0.5, 0.6) is 0 Å². The van der Waals surface area contributed by atoms with E-state index in [4.69, 9.17) is 4.74 Å². The van der Waals surface area contributed by atoms with Crippen molar-refractivity contribution in [1.82, 2.24) is 5.32 Å². The minimum atomic E-state index is 0.183. The van der Waals surface area contributed by atoms with Crippen LogP contribution in [-0.4, -0.2) is 19.8 Å². The maximum atomic E-state index is 5.41. The van der Waals surface area contributed by atoms with Crippen LogP contribution >= 0.6 is 27.3 Å². The van der Waals surface area contributed by atoms with Crippen molar-refractivity contribution < 1.29 is 4.74 Å². The number of rotatable bonds is 6. The van der Waals surface area contributed by atoms with Crippen LogP contribution in [0.3, 0.4) is 0 Å². The van der Waals surface area contributed by atoms with Crippen LogP contribution in [0.15, 0.2) is 15.2 Å². The molecule has 0 saturated heterocycles. The van der Waals surface area contributed by atoms with Gasteiger partial charge in [0.25, 0.3) is 0 Å². The standard InChI is InChI=1S/C11H18BrNOS/c1-4-5-13-11(8(2)14-3)9-6-15-7-10(9)12/h6-8,11,13H,4-5H2,1-3H3. The third kappa shape index (κ3) is 3.55. The molecule has 0 aliphatic heterocycles. The second-order valence-corrected chi connectivity index (χ2v) is 5.15.